The fraction of sp³-hybridized carbons (Fsp3) is 0.385. The van der Waals surface area contributed by atoms with Crippen molar-refractivity contribution < 1.29 is 14.7 Å². The lowest BCUT2D eigenvalue weighted by molar-refractivity contribution is -0.141. The van der Waals surface area contributed by atoms with E-state index in [1.54, 1.807) is 18.2 Å². The largest absolute Gasteiger partial charge is 0.480 e. The number of urea groups is 1. The van der Waals surface area contributed by atoms with Gasteiger partial charge in [0.2, 0.25) is 0 Å². The second kappa shape index (κ2) is 6.33. The lowest BCUT2D eigenvalue weighted by Gasteiger charge is -2.22. The Labute approximate surface area is 126 Å². The highest BCUT2D eigenvalue weighted by Crippen LogP contribution is 2.24. The molecule has 0 bridgehead atoms. The summed E-state index contributed by atoms with van der Waals surface area (Å²) in [6.07, 6.45) is 1.17. The van der Waals surface area contributed by atoms with E-state index in [1.807, 2.05) is 0 Å². The van der Waals surface area contributed by atoms with Crippen molar-refractivity contribution in [2.24, 2.45) is 0 Å². The van der Waals surface area contributed by atoms with E-state index in [-0.39, 0.29) is 6.54 Å². The first kappa shape index (κ1) is 14.9. The molecular formula is C13H14Cl2N2O3. The van der Waals surface area contributed by atoms with Crippen molar-refractivity contribution in [3.05, 3.63) is 33.8 Å². The topological polar surface area (TPSA) is 69.6 Å². The van der Waals surface area contributed by atoms with Crippen LogP contribution in [0.2, 0.25) is 10.0 Å². The van der Waals surface area contributed by atoms with E-state index in [9.17, 15) is 9.59 Å². The summed E-state index contributed by atoms with van der Waals surface area (Å²) in [5.74, 6) is -0.978. The van der Waals surface area contributed by atoms with Crippen LogP contribution in [0.25, 0.3) is 0 Å². The summed E-state index contributed by atoms with van der Waals surface area (Å²) < 4.78 is 0. The van der Waals surface area contributed by atoms with Crippen LogP contribution in [0.3, 0.4) is 0 Å². The van der Waals surface area contributed by atoms with Crippen LogP contribution >= 0.6 is 23.2 Å². The molecular weight excluding hydrogens is 303 g/mol. The van der Waals surface area contributed by atoms with Crippen molar-refractivity contribution >= 4 is 35.2 Å². The first-order valence-electron chi connectivity index (χ1n) is 6.21. The Morgan fingerprint density at radius 3 is 2.60 bits per heavy atom. The molecule has 20 heavy (non-hydrogen) atoms. The lowest BCUT2D eigenvalue weighted by Crippen LogP contribution is -2.45. The highest BCUT2D eigenvalue weighted by atomic mass is 35.5. The van der Waals surface area contributed by atoms with Crippen molar-refractivity contribution in [1.82, 2.24) is 10.2 Å². The molecule has 1 heterocycles. The van der Waals surface area contributed by atoms with Gasteiger partial charge in [-0.05, 0) is 25.0 Å². The zero-order valence-electron chi connectivity index (χ0n) is 10.6. The molecule has 1 saturated heterocycles. The standard InChI is InChI=1S/C13H14Cl2N2O3/c14-9-3-1-4-10(15)8(9)7-16-13(20)17-6-2-5-11(17)12(18)19/h1,3-4,11H,2,5-7H2,(H,16,20)(H,18,19). The van der Waals surface area contributed by atoms with Crippen LogP contribution in [0, 0.1) is 0 Å². The number of nitrogens with zero attached hydrogens (tertiary/aromatic N) is 1. The van der Waals surface area contributed by atoms with E-state index in [1.165, 1.54) is 4.90 Å². The number of carbonyl (C=O) groups excluding carboxylic acids is 1. The average Bonchev–Trinajstić information content (AvgIpc) is 2.87. The number of rotatable bonds is 3. The quantitative estimate of drug-likeness (QED) is 0.900. The van der Waals surface area contributed by atoms with Crippen molar-refractivity contribution in [2.75, 3.05) is 6.54 Å². The Kier molecular flexibility index (Phi) is 4.73. The number of hydrogen-bond donors (Lipinski definition) is 2. The molecule has 108 valence electrons. The first-order valence-corrected chi connectivity index (χ1v) is 6.96. The SMILES string of the molecule is O=C(O)C1CCCN1C(=O)NCc1c(Cl)cccc1Cl. The van der Waals surface area contributed by atoms with Crippen molar-refractivity contribution in [3.8, 4) is 0 Å². The molecule has 1 atom stereocenters. The lowest BCUT2D eigenvalue weighted by atomic mass is 10.2. The van der Waals surface area contributed by atoms with Gasteiger partial charge >= 0.3 is 12.0 Å². The number of aliphatic carboxylic acids is 1. The monoisotopic (exact) mass is 316 g/mol. The second-order valence-corrected chi connectivity index (χ2v) is 5.36. The zero-order valence-corrected chi connectivity index (χ0v) is 12.1. The summed E-state index contributed by atoms with van der Waals surface area (Å²) in [5.41, 5.74) is 0.621. The van der Waals surface area contributed by atoms with Crippen LogP contribution in [0.5, 0.6) is 0 Å². The number of amides is 2. The van der Waals surface area contributed by atoms with E-state index < -0.39 is 18.0 Å². The van der Waals surface area contributed by atoms with E-state index in [2.05, 4.69) is 5.32 Å². The number of halogens is 2. The molecule has 0 aromatic heterocycles. The van der Waals surface area contributed by atoms with Gasteiger partial charge in [0, 0.05) is 28.7 Å². The number of carbonyl (C=O) groups is 2. The number of hydrogen-bond acceptors (Lipinski definition) is 2. The van der Waals surface area contributed by atoms with Crippen molar-refractivity contribution in [1.29, 1.82) is 0 Å². The zero-order chi connectivity index (χ0) is 14.7. The van der Waals surface area contributed by atoms with Crippen LogP contribution in [0.4, 0.5) is 4.79 Å². The molecule has 0 radical (unpaired) electrons. The Balaban J connectivity index is 2.00. The maximum atomic E-state index is 12.0. The molecule has 0 aliphatic carbocycles. The van der Waals surface area contributed by atoms with Gasteiger partial charge in [0.05, 0.1) is 0 Å². The molecule has 0 saturated carbocycles. The fourth-order valence-corrected chi connectivity index (χ4v) is 2.76. The van der Waals surface area contributed by atoms with Gasteiger partial charge in [-0.25, -0.2) is 9.59 Å². The summed E-state index contributed by atoms with van der Waals surface area (Å²) in [6, 6.07) is 3.93. The second-order valence-electron chi connectivity index (χ2n) is 4.55. The molecule has 2 rings (SSSR count). The minimum Gasteiger partial charge on any atom is -0.480 e. The number of likely N-dealkylation sites (tertiary alicyclic amines) is 1. The molecule has 1 aliphatic heterocycles. The number of benzene rings is 1. The van der Waals surface area contributed by atoms with Gasteiger partial charge < -0.3 is 15.3 Å². The van der Waals surface area contributed by atoms with Crippen LogP contribution in [0.15, 0.2) is 18.2 Å². The molecule has 1 unspecified atom stereocenters. The molecule has 1 fully saturated rings. The van der Waals surface area contributed by atoms with Gasteiger partial charge in [-0.15, -0.1) is 0 Å². The minimum absolute atomic E-state index is 0.167. The van der Waals surface area contributed by atoms with Gasteiger partial charge in [0.1, 0.15) is 6.04 Å². The highest BCUT2D eigenvalue weighted by molar-refractivity contribution is 6.36. The van der Waals surface area contributed by atoms with Gasteiger partial charge in [0.15, 0.2) is 0 Å². The van der Waals surface area contributed by atoms with Gasteiger partial charge in [-0.1, -0.05) is 29.3 Å². The Hall–Kier alpha value is -1.46. The smallest absolute Gasteiger partial charge is 0.326 e. The van der Waals surface area contributed by atoms with Crippen molar-refractivity contribution in [3.63, 3.8) is 0 Å². The van der Waals surface area contributed by atoms with Crippen LogP contribution in [-0.2, 0) is 11.3 Å². The molecule has 5 nitrogen and oxygen atoms in total. The van der Waals surface area contributed by atoms with Crippen LogP contribution in [-0.4, -0.2) is 34.6 Å². The van der Waals surface area contributed by atoms with Crippen LogP contribution in [0.1, 0.15) is 18.4 Å². The predicted molar refractivity (Wildman–Crippen MR) is 76.1 cm³/mol. The third-order valence-electron chi connectivity index (χ3n) is 3.28. The summed E-state index contributed by atoms with van der Waals surface area (Å²) in [4.78, 5) is 24.4. The molecule has 1 aliphatic rings. The predicted octanol–water partition coefficient (Wildman–Crippen LogP) is 2.75. The summed E-state index contributed by atoms with van der Waals surface area (Å²) >= 11 is 12.0. The summed E-state index contributed by atoms with van der Waals surface area (Å²) in [7, 11) is 0. The number of carboxylic acid groups (broad SMARTS) is 1. The van der Waals surface area contributed by atoms with E-state index in [0.29, 0.717) is 35.0 Å². The van der Waals surface area contributed by atoms with E-state index in [4.69, 9.17) is 28.3 Å². The average molecular weight is 317 g/mol. The van der Waals surface area contributed by atoms with Crippen molar-refractivity contribution in [2.45, 2.75) is 25.4 Å². The Bertz CT molecular complexity index is 516. The van der Waals surface area contributed by atoms with E-state index >= 15 is 0 Å². The molecule has 2 N–H and O–H groups in total. The normalized spacial score (nSPS) is 18.1. The first-order chi connectivity index (χ1) is 9.50. The van der Waals surface area contributed by atoms with Gasteiger partial charge in [0.25, 0.3) is 0 Å². The number of carboxylic acids is 1. The Morgan fingerprint density at radius 1 is 1.35 bits per heavy atom. The highest BCUT2D eigenvalue weighted by Gasteiger charge is 2.33. The van der Waals surface area contributed by atoms with Gasteiger partial charge in [-0.2, -0.15) is 0 Å². The third-order valence-corrected chi connectivity index (χ3v) is 3.99. The molecule has 2 amide bonds. The molecule has 1 aromatic carbocycles. The maximum Gasteiger partial charge on any atom is 0.326 e. The fourth-order valence-electron chi connectivity index (χ4n) is 2.23. The summed E-state index contributed by atoms with van der Waals surface area (Å²) in [5, 5.41) is 12.6. The number of nitrogens with one attached hydrogen (secondary N) is 1. The van der Waals surface area contributed by atoms with E-state index in [0.717, 1.165) is 0 Å². The summed E-state index contributed by atoms with van der Waals surface area (Å²) in [6.45, 7) is 0.610. The molecule has 1 aromatic rings. The minimum atomic E-state index is -0.978. The third kappa shape index (κ3) is 3.16. The maximum absolute atomic E-state index is 12.0. The molecule has 0 spiro atoms. The molecule has 7 heteroatoms. The van der Waals surface area contributed by atoms with Crippen LogP contribution < -0.4 is 5.32 Å². The Morgan fingerprint density at radius 2 is 2.00 bits per heavy atom. The van der Waals surface area contributed by atoms with Gasteiger partial charge in [-0.3, -0.25) is 0 Å².